The molecule has 0 radical (unpaired) electrons. The number of halogens is 2. The zero-order valence-corrected chi connectivity index (χ0v) is 17.8. The van der Waals surface area contributed by atoms with Gasteiger partial charge in [-0.25, -0.2) is 4.39 Å². The second-order valence-corrected chi connectivity index (χ2v) is 8.41. The van der Waals surface area contributed by atoms with Gasteiger partial charge in [-0.1, -0.05) is 11.6 Å². The van der Waals surface area contributed by atoms with Crippen molar-refractivity contribution < 1.29 is 23.5 Å². The fourth-order valence-corrected chi connectivity index (χ4v) is 4.91. The highest BCUT2D eigenvalue weighted by Crippen LogP contribution is 2.36. The number of fused-ring (bicyclic) bond motifs is 1. The summed E-state index contributed by atoms with van der Waals surface area (Å²) < 4.78 is 19.1. The zero-order chi connectivity index (χ0) is 21.1. The van der Waals surface area contributed by atoms with E-state index in [1.54, 1.807) is 11.8 Å². The molecule has 2 aromatic rings. The van der Waals surface area contributed by atoms with Crippen LogP contribution in [0.1, 0.15) is 29.4 Å². The third-order valence-electron chi connectivity index (χ3n) is 4.90. The summed E-state index contributed by atoms with van der Waals surface area (Å²) in [7, 11) is 1.52. The molecule has 1 aliphatic rings. The van der Waals surface area contributed by atoms with Gasteiger partial charge >= 0.3 is 5.97 Å². The van der Waals surface area contributed by atoms with E-state index in [2.05, 4.69) is 0 Å². The standard InChI is InChI=1S/C20H22ClFN2O4S/c1-3-28-20(27)12-5-4-8-24(10-12)16(25)11-23(2)19(26)18-17(21)14-7-6-13(22)9-15(14)29-18/h6-7,9,12H,3-5,8,10-11H2,1-2H3. The number of likely N-dealkylation sites (tertiary alicyclic amines) is 1. The van der Waals surface area contributed by atoms with Crippen LogP contribution in [-0.2, 0) is 14.3 Å². The highest BCUT2D eigenvalue weighted by atomic mass is 35.5. The second-order valence-electron chi connectivity index (χ2n) is 6.98. The molecule has 1 saturated heterocycles. The first-order chi connectivity index (χ1) is 13.8. The molecule has 1 unspecified atom stereocenters. The van der Waals surface area contributed by atoms with Crippen LogP contribution in [0.25, 0.3) is 10.1 Å². The Morgan fingerprint density at radius 1 is 1.38 bits per heavy atom. The number of piperidine rings is 1. The molecule has 0 N–H and O–H groups in total. The van der Waals surface area contributed by atoms with Gasteiger partial charge in [0.05, 0.1) is 24.1 Å². The normalized spacial score (nSPS) is 16.7. The van der Waals surface area contributed by atoms with Crippen molar-refractivity contribution in [3.8, 4) is 0 Å². The van der Waals surface area contributed by atoms with E-state index >= 15 is 0 Å². The van der Waals surface area contributed by atoms with Gasteiger partial charge in [-0.2, -0.15) is 0 Å². The number of thiophene rings is 1. The van der Waals surface area contributed by atoms with Gasteiger partial charge in [-0.15, -0.1) is 11.3 Å². The van der Waals surface area contributed by atoms with Crippen LogP contribution in [0.2, 0.25) is 5.02 Å². The van der Waals surface area contributed by atoms with Gasteiger partial charge in [0.15, 0.2) is 0 Å². The molecule has 1 atom stereocenters. The van der Waals surface area contributed by atoms with Crippen molar-refractivity contribution in [3.63, 3.8) is 0 Å². The summed E-state index contributed by atoms with van der Waals surface area (Å²) in [6.45, 7) is 2.76. The number of hydrogen-bond acceptors (Lipinski definition) is 5. The van der Waals surface area contributed by atoms with Crippen LogP contribution in [0.4, 0.5) is 4.39 Å². The average Bonchev–Trinajstić information content (AvgIpc) is 3.03. The van der Waals surface area contributed by atoms with E-state index in [4.69, 9.17) is 16.3 Å². The van der Waals surface area contributed by atoms with Gasteiger partial charge in [0.2, 0.25) is 5.91 Å². The number of amides is 2. The van der Waals surface area contributed by atoms with Crippen molar-refractivity contribution in [3.05, 3.63) is 33.9 Å². The molecule has 2 amide bonds. The fraction of sp³-hybridized carbons (Fsp3) is 0.450. The lowest BCUT2D eigenvalue weighted by Gasteiger charge is -2.32. The molecule has 0 spiro atoms. The minimum atomic E-state index is -0.404. The molecule has 9 heteroatoms. The predicted octanol–water partition coefficient (Wildman–Crippen LogP) is 3.57. The summed E-state index contributed by atoms with van der Waals surface area (Å²) in [6.07, 6.45) is 1.39. The van der Waals surface area contributed by atoms with Gasteiger partial charge in [-0.3, -0.25) is 14.4 Å². The van der Waals surface area contributed by atoms with Crippen LogP contribution in [0.5, 0.6) is 0 Å². The molecule has 1 fully saturated rings. The average molecular weight is 441 g/mol. The first kappa shape index (κ1) is 21.5. The largest absolute Gasteiger partial charge is 0.466 e. The second kappa shape index (κ2) is 9.09. The first-order valence-electron chi connectivity index (χ1n) is 9.39. The number of carbonyl (C=O) groups excluding carboxylic acids is 3. The van der Waals surface area contributed by atoms with Crippen LogP contribution < -0.4 is 0 Å². The Morgan fingerprint density at radius 2 is 2.14 bits per heavy atom. The molecular weight excluding hydrogens is 419 g/mol. The van der Waals surface area contributed by atoms with Crippen molar-refractivity contribution in [2.45, 2.75) is 19.8 Å². The Balaban J connectivity index is 1.67. The molecular formula is C20H22ClFN2O4S. The lowest BCUT2D eigenvalue weighted by atomic mass is 9.98. The molecule has 1 aromatic heterocycles. The number of nitrogens with zero attached hydrogens (tertiary/aromatic N) is 2. The van der Waals surface area contributed by atoms with Crippen LogP contribution in [0.3, 0.4) is 0 Å². The summed E-state index contributed by atoms with van der Waals surface area (Å²) in [5, 5.41) is 0.865. The molecule has 1 aromatic carbocycles. The van der Waals surface area contributed by atoms with Gasteiger partial charge < -0.3 is 14.5 Å². The molecule has 156 valence electrons. The van der Waals surface area contributed by atoms with E-state index in [1.165, 1.54) is 30.1 Å². The SMILES string of the molecule is CCOC(=O)C1CCCN(C(=O)CN(C)C(=O)c2sc3cc(F)ccc3c2Cl)C1. The monoisotopic (exact) mass is 440 g/mol. The minimum absolute atomic E-state index is 0.132. The van der Waals surface area contributed by atoms with E-state index in [-0.39, 0.29) is 34.2 Å². The third-order valence-corrected chi connectivity index (χ3v) is 6.54. The molecule has 3 rings (SSSR count). The zero-order valence-electron chi connectivity index (χ0n) is 16.2. The maximum absolute atomic E-state index is 13.4. The van der Waals surface area contributed by atoms with Crippen LogP contribution in [0.15, 0.2) is 18.2 Å². The van der Waals surface area contributed by atoms with Crippen LogP contribution >= 0.6 is 22.9 Å². The maximum Gasteiger partial charge on any atom is 0.310 e. The van der Waals surface area contributed by atoms with Gasteiger partial charge in [0, 0.05) is 30.2 Å². The van der Waals surface area contributed by atoms with Crippen LogP contribution in [-0.4, -0.2) is 60.9 Å². The Kier molecular flexibility index (Phi) is 6.74. The molecule has 2 heterocycles. The number of hydrogen-bond donors (Lipinski definition) is 0. The third kappa shape index (κ3) is 4.70. The van der Waals surface area contributed by atoms with Crippen molar-refractivity contribution in [1.82, 2.24) is 9.80 Å². The summed E-state index contributed by atoms with van der Waals surface area (Å²) in [5.74, 6) is -1.67. The van der Waals surface area contributed by atoms with Crippen LogP contribution in [0, 0.1) is 11.7 Å². The Bertz CT molecular complexity index is 948. The molecule has 0 saturated carbocycles. The Hall–Kier alpha value is -2.19. The summed E-state index contributed by atoms with van der Waals surface area (Å²) in [4.78, 5) is 40.6. The van der Waals surface area contributed by atoms with E-state index in [0.29, 0.717) is 42.6 Å². The number of benzene rings is 1. The number of likely N-dealkylation sites (N-methyl/N-ethyl adjacent to an activating group) is 1. The number of carbonyl (C=O) groups is 3. The molecule has 1 aliphatic heterocycles. The Morgan fingerprint density at radius 3 is 2.86 bits per heavy atom. The lowest BCUT2D eigenvalue weighted by Crippen LogP contribution is -2.47. The smallest absolute Gasteiger partial charge is 0.310 e. The number of esters is 1. The first-order valence-corrected chi connectivity index (χ1v) is 10.6. The summed E-state index contributed by atoms with van der Waals surface area (Å²) in [5.41, 5.74) is 0. The van der Waals surface area contributed by atoms with Crippen molar-refractivity contribution in [2.24, 2.45) is 5.92 Å². The molecule has 0 bridgehead atoms. The summed E-state index contributed by atoms with van der Waals surface area (Å²) >= 11 is 7.41. The van der Waals surface area contributed by atoms with Gasteiger partial charge in [0.25, 0.3) is 5.91 Å². The van der Waals surface area contributed by atoms with E-state index < -0.39 is 11.7 Å². The molecule has 29 heavy (non-hydrogen) atoms. The van der Waals surface area contributed by atoms with E-state index in [0.717, 1.165) is 11.3 Å². The van der Waals surface area contributed by atoms with Crippen molar-refractivity contribution >= 4 is 50.8 Å². The fourth-order valence-electron chi connectivity index (χ4n) is 3.38. The van der Waals surface area contributed by atoms with Crippen molar-refractivity contribution in [2.75, 3.05) is 33.3 Å². The Labute approximate surface area is 177 Å². The molecule has 0 aliphatic carbocycles. The van der Waals surface area contributed by atoms with E-state index in [1.807, 2.05) is 0 Å². The topological polar surface area (TPSA) is 66.9 Å². The maximum atomic E-state index is 13.4. The number of rotatable bonds is 5. The number of ether oxygens (including phenoxy) is 1. The highest BCUT2D eigenvalue weighted by molar-refractivity contribution is 7.21. The highest BCUT2D eigenvalue weighted by Gasteiger charge is 2.30. The predicted molar refractivity (Wildman–Crippen MR) is 110 cm³/mol. The minimum Gasteiger partial charge on any atom is -0.466 e. The van der Waals surface area contributed by atoms with Crippen molar-refractivity contribution in [1.29, 1.82) is 0 Å². The van der Waals surface area contributed by atoms with Gasteiger partial charge in [-0.05, 0) is 38.0 Å². The lowest BCUT2D eigenvalue weighted by molar-refractivity contribution is -0.151. The van der Waals surface area contributed by atoms with Gasteiger partial charge in [0.1, 0.15) is 10.7 Å². The summed E-state index contributed by atoms with van der Waals surface area (Å²) in [6, 6.07) is 4.16. The van der Waals surface area contributed by atoms with E-state index in [9.17, 15) is 18.8 Å². The quantitative estimate of drug-likeness (QED) is 0.666. The molecule has 6 nitrogen and oxygen atoms in total.